The molecule has 2 rings (SSSR count). The second-order valence-electron chi connectivity index (χ2n) is 4.90. The highest BCUT2D eigenvalue weighted by Gasteiger charge is 2.19. The highest BCUT2D eigenvalue weighted by Crippen LogP contribution is 2.29. The van der Waals surface area contributed by atoms with E-state index in [9.17, 15) is 9.59 Å². The van der Waals surface area contributed by atoms with Crippen molar-refractivity contribution in [2.45, 2.75) is 32.6 Å². The van der Waals surface area contributed by atoms with Crippen LogP contribution in [-0.2, 0) is 11.2 Å². The van der Waals surface area contributed by atoms with Gasteiger partial charge < -0.3 is 10.0 Å². The summed E-state index contributed by atoms with van der Waals surface area (Å²) in [5.41, 5.74) is 3.06. The summed E-state index contributed by atoms with van der Waals surface area (Å²) >= 11 is 0. The van der Waals surface area contributed by atoms with Crippen molar-refractivity contribution < 1.29 is 14.7 Å². The molecule has 0 saturated carbocycles. The third-order valence-electron chi connectivity index (χ3n) is 3.45. The average molecular weight is 261 g/mol. The highest BCUT2D eigenvalue weighted by molar-refractivity contribution is 5.98. The fraction of sp³-hybridized carbons (Fsp3) is 0.467. The van der Waals surface area contributed by atoms with Gasteiger partial charge in [0.25, 0.3) is 0 Å². The van der Waals surface area contributed by atoms with Gasteiger partial charge in [-0.1, -0.05) is 6.92 Å². The van der Waals surface area contributed by atoms with Crippen LogP contribution >= 0.6 is 0 Å². The van der Waals surface area contributed by atoms with Gasteiger partial charge in [-0.05, 0) is 36.6 Å². The summed E-state index contributed by atoms with van der Waals surface area (Å²) in [4.78, 5) is 24.7. The van der Waals surface area contributed by atoms with Crippen molar-refractivity contribution in [2.24, 2.45) is 0 Å². The van der Waals surface area contributed by atoms with E-state index in [1.165, 1.54) is 11.3 Å². The Bertz CT molecular complexity index is 496. The minimum Gasteiger partial charge on any atom is -0.481 e. The van der Waals surface area contributed by atoms with E-state index in [0.717, 1.165) is 25.9 Å². The van der Waals surface area contributed by atoms with Crippen molar-refractivity contribution in [3.63, 3.8) is 0 Å². The van der Waals surface area contributed by atoms with Crippen molar-refractivity contribution >= 4 is 17.4 Å². The molecule has 0 bridgehead atoms. The lowest BCUT2D eigenvalue weighted by Gasteiger charge is -2.18. The molecule has 1 aliphatic rings. The van der Waals surface area contributed by atoms with Gasteiger partial charge in [-0.2, -0.15) is 0 Å². The van der Waals surface area contributed by atoms with Crippen LogP contribution in [0.4, 0.5) is 5.69 Å². The smallest absolute Gasteiger partial charge is 0.303 e. The first-order valence-electron chi connectivity index (χ1n) is 6.74. The van der Waals surface area contributed by atoms with Crippen molar-refractivity contribution in [1.29, 1.82) is 0 Å². The number of aliphatic carboxylic acids is 1. The van der Waals surface area contributed by atoms with Gasteiger partial charge in [-0.25, -0.2) is 0 Å². The Morgan fingerprint density at radius 2 is 2.11 bits per heavy atom. The van der Waals surface area contributed by atoms with E-state index in [4.69, 9.17) is 5.11 Å². The number of carboxylic acid groups (broad SMARTS) is 1. The lowest BCUT2D eigenvalue weighted by molar-refractivity contribution is -0.136. The van der Waals surface area contributed by atoms with Gasteiger partial charge in [-0.3, -0.25) is 9.59 Å². The Hall–Kier alpha value is -1.84. The molecular weight excluding hydrogens is 242 g/mol. The number of carboxylic acids is 1. The van der Waals surface area contributed by atoms with E-state index in [-0.39, 0.29) is 18.6 Å². The van der Waals surface area contributed by atoms with Gasteiger partial charge in [0.05, 0.1) is 6.42 Å². The quantitative estimate of drug-likeness (QED) is 0.799. The largest absolute Gasteiger partial charge is 0.481 e. The summed E-state index contributed by atoms with van der Waals surface area (Å²) < 4.78 is 0. The van der Waals surface area contributed by atoms with E-state index in [2.05, 4.69) is 11.8 Å². The molecule has 19 heavy (non-hydrogen) atoms. The van der Waals surface area contributed by atoms with Gasteiger partial charge in [-0.15, -0.1) is 0 Å². The number of benzene rings is 1. The monoisotopic (exact) mass is 261 g/mol. The van der Waals surface area contributed by atoms with E-state index >= 15 is 0 Å². The van der Waals surface area contributed by atoms with Gasteiger partial charge in [0.15, 0.2) is 5.78 Å². The van der Waals surface area contributed by atoms with Crippen LogP contribution in [0.25, 0.3) is 0 Å². The van der Waals surface area contributed by atoms with Gasteiger partial charge in [0, 0.05) is 30.8 Å². The SMILES string of the molecule is CCCN1CCc2cc(C(=O)CCC(=O)O)ccc21. The maximum Gasteiger partial charge on any atom is 0.303 e. The lowest BCUT2D eigenvalue weighted by Crippen LogP contribution is -2.20. The minimum atomic E-state index is -0.927. The molecule has 4 heteroatoms. The number of rotatable bonds is 6. The zero-order valence-electron chi connectivity index (χ0n) is 11.2. The average Bonchev–Trinajstić information content (AvgIpc) is 2.79. The second kappa shape index (κ2) is 5.87. The molecule has 0 saturated heterocycles. The standard InChI is InChI=1S/C15H19NO3/c1-2-8-16-9-7-11-10-12(3-4-13(11)16)14(17)5-6-15(18)19/h3-4,10H,2,5-9H2,1H3,(H,18,19). The van der Waals surface area contributed by atoms with Crippen LogP contribution < -0.4 is 4.90 Å². The maximum atomic E-state index is 11.9. The molecule has 0 unspecified atom stereocenters. The van der Waals surface area contributed by atoms with Crippen LogP contribution in [0.3, 0.4) is 0 Å². The predicted octanol–water partition coefficient (Wildman–Crippen LogP) is 2.51. The van der Waals surface area contributed by atoms with Gasteiger partial charge >= 0.3 is 5.97 Å². The Kier molecular flexibility index (Phi) is 4.20. The third kappa shape index (κ3) is 3.13. The summed E-state index contributed by atoms with van der Waals surface area (Å²) in [6, 6.07) is 5.73. The van der Waals surface area contributed by atoms with Crippen molar-refractivity contribution in [3.05, 3.63) is 29.3 Å². The molecule has 0 fully saturated rings. The number of anilines is 1. The molecule has 0 radical (unpaired) electrons. The number of fused-ring (bicyclic) bond motifs is 1. The molecule has 4 nitrogen and oxygen atoms in total. The molecule has 0 atom stereocenters. The zero-order chi connectivity index (χ0) is 13.8. The molecule has 0 spiro atoms. The van der Waals surface area contributed by atoms with E-state index < -0.39 is 5.97 Å². The molecule has 0 aliphatic carbocycles. The molecule has 1 aromatic carbocycles. The number of hydrogen-bond donors (Lipinski definition) is 1. The summed E-state index contributed by atoms with van der Waals surface area (Å²) in [5, 5.41) is 8.60. The summed E-state index contributed by atoms with van der Waals surface area (Å²) in [5.74, 6) is -1.01. The summed E-state index contributed by atoms with van der Waals surface area (Å²) in [6.07, 6.45) is 2.05. The van der Waals surface area contributed by atoms with Crippen molar-refractivity contribution in [3.8, 4) is 0 Å². The topological polar surface area (TPSA) is 57.6 Å². The Balaban J connectivity index is 2.10. The molecule has 1 aliphatic heterocycles. The molecule has 1 heterocycles. The Labute approximate surface area is 113 Å². The van der Waals surface area contributed by atoms with Crippen LogP contribution in [-0.4, -0.2) is 29.9 Å². The first kappa shape index (κ1) is 13.6. The van der Waals surface area contributed by atoms with Crippen molar-refractivity contribution in [1.82, 2.24) is 0 Å². The van der Waals surface area contributed by atoms with Crippen LogP contribution in [0, 0.1) is 0 Å². The maximum absolute atomic E-state index is 11.9. The highest BCUT2D eigenvalue weighted by atomic mass is 16.4. The molecule has 1 aromatic rings. The number of ketones is 1. The minimum absolute atomic E-state index is 0.0762. The van der Waals surface area contributed by atoms with Crippen LogP contribution in [0.5, 0.6) is 0 Å². The van der Waals surface area contributed by atoms with E-state index in [0.29, 0.717) is 5.56 Å². The molecule has 1 N–H and O–H groups in total. The lowest BCUT2D eigenvalue weighted by atomic mass is 10.0. The molecule has 0 amide bonds. The second-order valence-corrected chi connectivity index (χ2v) is 4.90. The third-order valence-corrected chi connectivity index (χ3v) is 3.45. The summed E-state index contributed by atoms with van der Waals surface area (Å²) in [7, 11) is 0. The van der Waals surface area contributed by atoms with Crippen LogP contribution in [0.1, 0.15) is 42.1 Å². The zero-order valence-corrected chi connectivity index (χ0v) is 11.2. The van der Waals surface area contributed by atoms with Gasteiger partial charge in [0.1, 0.15) is 0 Å². The molecule has 0 aromatic heterocycles. The first-order chi connectivity index (χ1) is 9.11. The number of carbonyl (C=O) groups excluding carboxylic acids is 1. The van der Waals surface area contributed by atoms with E-state index in [1.807, 2.05) is 18.2 Å². The number of carbonyl (C=O) groups is 2. The Morgan fingerprint density at radius 3 is 2.79 bits per heavy atom. The predicted molar refractivity (Wildman–Crippen MR) is 73.9 cm³/mol. The van der Waals surface area contributed by atoms with Crippen LogP contribution in [0.15, 0.2) is 18.2 Å². The molecule has 102 valence electrons. The summed E-state index contributed by atoms with van der Waals surface area (Å²) in [6.45, 7) is 4.21. The first-order valence-corrected chi connectivity index (χ1v) is 6.74. The number of Topliss-reactive ketones (excluding diaryl/α,β-unsaturated/α-hetero) is 1. The van der Waals surface area contributed by atoms with Crippen molar-refractivity contribution in [2.75, 3.05) is 18.0 Å². The fourth-order valence-corrected chi connectivity index (χ4v) is 2.51. The fourth-order valence-electron chi connectivity index (χ4n) is 2.51. The Morgan fingerprint density at radius 1 is 1.32 bits per heavy atom. The normalized spacial score (nSPS) is 13.4. The van der Waals surface area contributed by atoms with E-state index in [1.54, 1.807) is 0 Å². The molecular formula is C15H19NO3. The number of nitrogens with zero attached hydrogens (tertiary/aromatic N) is 1. The van der Waals surface area contributed by atoms with Gasteiger partial charge in [0.2, 0.25) is 0 Å². The van der Waals surface area contributed by atoms with Crippen LogP contribution in [0.2, 0.25) is 0 Å². The number of hydrogen-bond acceptors (Lipinski definition) is 3.